The number of benzene rings is 1. The van der Waals surface area contributed by atoms with Gasteiger partial charge in [-0.05, 0) is 30.5 Å². The molecule has 1 fully saturated rings. The van der Waals surface area contributed by atoms with Crippen LogP contribution in [0.4, 0.5) is 0 Å². The molecule has 0 aliphatic heterocycles. The molecule has 1 aromatic heterocycles. The largest absolute Gasteiger partial charge is 0.328 e. The Bertz CT molecular complexity index is 512. The highest BCUT2D eigenvalue weighted by atomic mass is 35.5. The standard InChI is InChI=1S/C13H14ClN3/c14-10-3-1-9(2-4-10)13-7-16-8-17(13)12-5-11(15)6-12/h1-4,7-8,11-12H,5-6,15H2. The monoisotopic (exact) mass is 247 g/mol. The predicted octanol–water partition coefficient (Wildman–Crippen LogP) is 2.87. The van der Waals surface area contributed by atoms with Crippen molar-refractivity contribution in [3.8, 4) is 11.3 Å². The third-order valence-electron chi connectivity index (χ3n) is 3.35. The molecule has 3 rings (SSSR count). The summed E-state index contributed by atoms with van der Waals surface area (Å²) in [5, 5.41) is 0.755. The van der Waals surface area contributed by atoms with E-state index in [-0.39, 0.29) is 0 Å². The van der Waals surface area contributed by atoms with Crippen molar-refractivity contribution in [2.45, 2.75) is 24.9 Å². The zero-order chi connectivity index (χ0) is 11.8. The van der Waals surface area contributed by atoms with E-state index in [1.165, 1.54) is 0 Å². The van der Waals surface area contributed by atoms with Crippen LogP contribution >= 0.6 is 11.6 Å². The number of aromatic nitrogens is 2. The molecule has 0 atom stereocenters. The lowest BCUT2D eigenvalue weighted by molar-refractivity contribution is 0.268. The second kappa shape index (κ2) is 4.17. The van der Waals surface area contributed by atoms with E-state index >= 15 is 0 Å². The first-order valence-corrected chi connectivity index (χ1v) is 6.15. The topological polar surface area (TPSA) is 43.8 Å². The van der Waals surface area contributed by atoms with Gasteiger partial charge in [0.2, 0.25) is 0 Å². The number of imidazole rings is 1. The maximum atomic E-state index is 5.89. The maximum Gasteiger partial charge on any atom is 0.0953 e. The fraction of sp³-hybridized carbons (Fsp3) is 0.308. The highest BCUT2D eigenvalue weighted by Crippen LogP contribution is 2.34. The molecule has 0 radical (unpaired) electrons. The van der Waals surface area contributed by atoms with Crippen LogP contribution in [0.25, 0.3) is 11.3 Å². The van der Waals surface area contributed by atoms with Crippen molar-refractivity contribution < 1.29 is 0 Å². The molecule has 1 heterocycles. The van der Waals surface area contributed by atoms with Gasteiger partial charge in [0, 0.05) is 17.1 Å². The van der Waals surface area contributed by atoms with Gasteiger partial charge < -0.3 is 10.3 Å². The number of hydrogen-bond acceptors (Lipinski definition) is 2. The molecule has 2 aromatic rings. The van der Waals surface area contributed by atoms with Gasteiger partial charge >= 0.3 is 0 Å². The molecular formula is C13H14ClN3. The Morgan fingerprint density at radius 1 is 1.24 bits per heavy atom. The van der Waals surface area contributed by atoms with Crippen molar-refractivity contribution in [3.05, 3.63) is 41.8 Å². The summed E-state index contributed by atoms with van der Waals surface area (Å²) in [6.07, 6.45) is 5.86. The lowest BCUT2D eigenvalue weighted by Gasteiger charge is -2.34. The van der Waals surface area contributed by atoms with E-state index in [9.17, 15) is 0 Å². The summed E-state index contributed by atoms with van der Waals surface area (Å²) in [4.78, 5) is 4.24. The summed E-state index contributed by atoms with van der Waals surface area (Å²) in [7, 11) is 0. The summed E-state index contributed by atoms with van der Waals surface area (Å²) < 4.78 is 2.21. The van der Waals surface area contributed by atoms with Gasteiger partial charge in [0.1, 0.15) is 0 Å². The van der Waals surface area contributed by atoms with Crippen molar-refractivity contribution in [3.63, 3.8) is 0 Å². The second-order valence-electron chi connectivity index (χ2n) is 4.58. The lowest BCUT2D eigenvalue weighted by atomic mass is 9.87. The van der Waals surface area contributed by atoms with E-state index in [0.717, 1.165) is 29.1 Å². The van der Waals surface area contributed by atoms with Crippen LogP contribution in [-0.2, 0) is 0 Å². The Balaban J connectivity index is 1.93. The van der Waals surface area contributed by atoms with Crippen molar-refractivity contribution >= 4 is 11.6 Å². The SMILES string of the molecule is NC1CC(n2cncc2-c2ccc(Cl)cc2)C1. The Kier molecular flexibility index (Phi) is 2.65. The smallest absolute Gasteiger partial charge is 0.0953 e. The molecule has 1 aliphatic rings. The average molecular weight is 248 g/mol. The van der Waals surface area contributed by atoms with Crippen molar-refractivity contribution in [2.24, 2.45) is 5.73 Å². The van der Waals surface area contributed by atoms with E-state index in [0.29, 0.717) is 12.1 Å². The third-order valence-corrected chi connectivity index (χ3v) is 3.60. The molecule has 88 valence electrons. The third kappa shape index (κ3) is 1.96. The molecule has 3 nitrogen and oxygen atoms in total. The van der Waals surface area contributed by atoms with E-state index in [1.807, 2.05) is 36.8 Å². The van der Waals surface area contributed by atoms with Gasteiger partial charge in [-0.25, -0.2) is 4.98 Å². The highest BCUT2D eigenvalue weighted by molar-refractivity contribution is 6.30. The van der Waals surface area contributed by atoms with Gasteiger partial charge in [-0.3, -0.25) is 0 Å². The number of rotatable bonds is 2. The molecule has 1 aliphatic carbocycles. The van der Waals surface area contributed by atoms with Gasteiger partial charge in [-0.2, -0.15) is 0 Å². The minimum atomic E-state index is 0.348. The molecule has 0 amide bonds. The zero-order valence-corrected chi connectivity index (χ0v) is 10.1. The van der Waals surface area contributed by atoms with Crippen LogP contribution in [0.3, 0.4) is 0 Å². The van der Waals surface area contributed by atoms with Gasteiger partial charge in [-0.1, -0.05) is 23.7 Å². The first-order chi connectivity index (χ1) is 8.24. The summed E-state index contributed by atoms with van der Waals surface area (Å²) in [6.45, 7) is 0. The van der Waals surface area contributed by atoms with Crippen LogP contribution in [0.1, 0.15) is 18.9 Å². The molecule has 0 bridgehead atoms. The zero-order valence-electron chi connectivity index (χ0n) is 9.38. The van der Waals surface area contributed by atoms with Gasteiger partial charge in [-0.15, -0.1) is 0 Å². The number of nitrogens with zero attached hydrogens (tertiary/aromatic N) is 2. The van der Waals surface area contributed by atoms with Crippen LogP contribution in [0.2, 0.25) is 5.02 Å². The molecule has 0 saturated heterocycles. The summed E-state index contributed by atoms with van der Waals surface area (Å²) in [5.74, 6) is 0. The minimum Gasteiger partial charge on any atom is -0.328 e. The number of nitrogens with two attached hydrogens (primary N) is 1. The van der Waals surface area contributed by atoms with Crippen LogP contribution < -0.4 is 5.73 Å². The second-order valence-corrected chi connectivity index (χ2v) is 5.01. The normalized spacial score (nSPS) is 23.4. The quantitative estimate of drug-likeness (QED) is 0.887. The van der Waals surface area contributed by atoms with Crippen molar-refractivity contribution in [1.82, 2.24) is 9.55 Å². The van der Waals surface area contributed by atoms with E-state index < -0.39 is 0 Å². The molecule has 0 unspecified atom stereocenters. The van der Waals surface area contributed by atoms with Crippen molar-refractivity contribution in [2.75, 3.05) is 0 Å². The molecule has 1 aromatic carbocycles. The first kappa shape index (κ1) is 10.8. The molecule has 2 N–H and O–H groups in total. The molecule has 4 heteroatoms. The molecule has 17 heavy (non-hydrogen) atoms. The number of halogens is 1. The fourth-order valence-corrected chi connectivity index (χ4v) is 2.42. The average Bonchev–Trinajstić information content (AvgIpc) is 2.74. The van der Waals surface area contributed by atoms with Crippen LogP contribution in [-0.4, -0.2) is 15.6 Å². The van der Waals surface area contributed by atoms with Crippen LogP contribution in [0.15, 0.2) is 36.8 Å². The Morgan fingerprint density at radius 2 is 1.94 bits per heavy atom. The molecular weight excluding hydrogens is 234 g/mol. The minimum absolute atomic E-state index is 0.348. The van der Waals surface area contributed by atoms with Gasteiger partial charge in [0.05, 0.1) is 18.2 Å². The van der Waals surface area contributed by atoms with Gasteiger partial charge in [0.25, 0.3) is 0 Å². The Hall–Kier alpha value is -1.32. The van der Waals surface area contributed by atoms with Crippen LogP contribution in [0.5, 0.6) is 0 Å². The van der Waals surface area contributed by atoms with Crippen LogP contribution in [0, 0.1) is 0 Å². The molecule has 1 saturated carbocycles. The molecule has 0 spiro atoms. The fourth-order valence-electron chi connectivity index (χ4n) is 2.30. The van der Waals surface area contributed by atoms with E-state index in [4.69, 9.17) is 17.3 Å². The highest BCUT2D eigenvalue weighted by Gasteiger charge is 2.28. The van der Waals surface area contributed by atoms with Gasteiger partial charge in [0.15, 0.2) is 0 Å². The summed E-state index contributed by atoms with van der Waals surface area (Å²) in [6, 6.07) is 8.70. The lowest BCUT2D eigenvalue weighted by Crippen LogP contribution is -2.37. The maximum absolute atomic E-state index is 5.89. The number of hydrogen-bond donors (Lipinski definition) is 1. The Morgan fingerprint density at radius 3 is 2.59 bits per heavy atom. The summed E-state index contributed by atoms with van der Waals surface area (Å²) >= 11 is 5.89. The first-order valence-electron chi connectivity index (χ1n) is 5.77. The van der Waals surface area contributed by atoms with E-state index in [1.54, 1.807) is 0 Å². The summed E-state index contributed by atoms with van der Waals surface area (Å²) in [5.41, 5.74) is 8.12. The Labute approximate surface area is 105 Å². The van der Waals surface area contributed by atoms with E-state index in [2.05, 4.69) is 9.55 Å². The predicted molar refractivity (Wildman–Crippen MR) is 68.9 cm³/mol. The van der Waals surface area contributed by atoms with Crippen molar-refractivity contribution in [1.29, 1.82) is 0 Å².